The number of benzene rings is 2. The van der Waals surface area contributed by atoms with Gasteiger partial charge in [0.05, 0.1) is 12.2 Å². The molecule has 0 atom stereocenters. The van der Waals surface area contributed by atoms with Crippen molar-refractivity contribution in [2.75, 3.05) is 18.4 Å². The minimum atomic E-state index is -0.295. The third-order valence-corrected chi connectivity index (χ3v) is 6.06. The standard InChI is InChI=1S/C23H21ClN4O4/c24-14-5-6-17(29)16(11-14)25-22(30)13-7-9-28(10-8-13)12-19-26-20-15-3-1-2-4-18(15)32-21(20)23(31)27-19/h1-6,11,13,29H,7-10,12H2,(H,25,30)(H,26,27,31). The number of hydrogen-bond donors (Lipinski definition) is 3. The smallest absolute Gasteiger partial charge is 0.294 e. The Morgan fingerprint density at radius 2 is 2.03 bits per heavy atom. The number of aromatic hydroxyl groups is 1. The molecule has 1 amide bonds. The molecule has 8 nitrogen and oxygen atoms in total. The van der Waals surface area contributed by atoms with E-state index in [0.29, 0.717) is 60.1 Å². The highest BCUT2D eigenvalue weighted by Gasteiger charge is 2.26. The van der Waals surface area contributed by atoms with Gasteiger partial charge < -0.3 is 19.8 Å². The zero-order valence-electron chi connectivity index (χ0n) is 17.1. The first-order valence-corrected chi connectivity index (χ1v) is 10.8. The van der Waals surface area contributed by atoms with Gasteiger partial charge in [0.15, 0.2) is 0 Å². The van der Waals surface area contributed by atoms with Crippen molar-refractivity contribution in [2.24, 2.45) is 5.92 Å². The number of H-pyrrole nitrogens is 1. The number of carbonyl (C=O) groups is 1. The third kappa shape index (κ3) is 3.94. The molecule has 0 spiro atoms. The second kappa shape index (κ2) is 8.29. The molecule has 0 bridgehead atoms. The summed E-state index contributed by atoms with van der Waals surface area (Å²) in [4.78, 5) is 34.7. The van der Waals surface area contributed by atoms with E-state index in [0.717, 1.165) is 5.39 Å². The Kier molecular flexibility index (Phi) is 5.32. The predicted molar refractivity (Wildman–Crippen MR) is 122 cm³/mol. The van der Waals surface area contributed by atoms with Crippen LogP contribution < -0.4 is 10.9 Å². The number of carbonyl (C=O) groups excluding carboxylic acids is 1. The van der Waals surface area contributed by atoms with Gasteiger partial charge in [0.1, 0.15) is 22.7 Å². The van der Waals surface area contributed by atoms with Crippen molar-refractivity contribution in [3.05, 3.63) is 63.7 Å². The lowest BCUT2D eigenvalue weighted by Crippen LogP contribution is -2.38. The molecule has 32 heavy (non-hydrogen) atoms. The fraction of sp³-hybridized carbons (Fsp3) is 0.261. The van der Waals surface area contributed by atoms with E-state index >= 15 is 0 Å². The van der Waals surface area contributed by atoms with Gasteiger partial charge in [-0.25, -0.2) is 4.98 Å². The Morgan fingerprint density at radius 3 is 2.84 bits per heavy atom. The van der Waals surface area contributed by atoms with Crippen LogP contribution in [0.5, 0.6) is 5.75 Å². The van der Waals surface area contributed by atoms with Crippen LogP contribution >= 0.6 is 11.6 Å². The maximum absolute atomic E-state index is 12.6. The van der Waals surface area contributed by atoms with E-state index in [-0.39, 0.29) is 28.7 Å². The lowest BCUT2D eigenvalue weighted by molar-refractivity contribution is -0.121. The highest BCUT2D eigenvalue weighted by atomic mass is 35.5. The number of nitrogens with one attached hydrogen (secondary N) is 2. The van der Waals surface area contributed by atoms with E-state index in [1.165, 1.54) is 12.1 Å². The number of furan rings is 1. The molecule has 3 N–H and O–H groups in total. The van der Waals surface area contributed by atoms with Gasteiger partial charge in [-0.05, 0) is 56.3 Å². The van der Waals surface area contributed by atoms with E-state index < -0.39 is 0 Å². The van der Waals surface area contributed by atoms with Crippen LogP contribution in [-0.2, 0) is 11.3 Å². The van der Waals surface area contributed by atoms with Crippen LogP contribution in [-0.4, -0.2) is 39.0 Å². The summed E-state index contributed by atoms with van der Waals surface area (Å²) in [6, 6.07) is 12.0. The molecule has 0 saturated carbocycles. The number of halogens is 1. The number of likely N-dealkylation sites (tertiary alicyclic amines) is 1. The largest absolute Gasteiger partial charge is 0.506 e. The molecular weight excluding hydrogens is 432 g/mol. The monoisotopic (exact) mass is 452 g/mol. The van der Waals surface area contributed by atoms with Gasteiger partial charge in [-0.3, -0.25) is 14.5 Å². The first kappa shape index (κ1) is 20.5. The summed E-state index contributed by atoms with van der Waals surface area (Å²) in [6.45, 7) is 1.86. The van der Waals surface area contributed by atoms with Gasteiger partial charge in [-0.15, -0.1) is 0 Å². The minimum Gasteiger partial charge on any atom is -0.506 e. The molecule has 0 aliphatic carbocycles. The van der Waals surface area contributed by atoms with Gasteiger partial charge in [0.2, 0.25) is 11.5 Å². The number of fused-ring (bicyclic) bond motifs is 3. The highest BCUT2D eigenvalue weighted by Crippen LogP contribution is 2.29. The molecule has 164 valence electrons. The summed E-state index contributed by atoms with van der Waals surface area (Å²) in [5, 5.41) is 13.9. The third-order valence-electron chi connectivity index (χ3n) is 5.83. The number of rotatable bonds is 4. The second-order valence-corrected chi connectivity index (χ2v) is 8.43. The maximum Gasteiger partial charge on any atom is 0.294 e. The van der Waals surface area contributed by atoms with Crippen LogP contribution in [0.2, 0.25) is 5.02 Å². The molecular formula is C23H21ClN4O4. The highest BCUT2D eigenvalue weighted by molar-refractivity contribution is 6.31. The molecule has 2 aromatic carbocycles. The zero-order chi connectivity index (χ0) is 22.2. The number of amides is 1. The summed E-state index contributed by atoms with van der Waals surface area (Å²) in [5.74, 6) is 0.246. The van der Waals surface area contributed by atoms with Gasteiger partial charge in [-0.2, -0.15) is 0 Å². The number of nitrogens with zero attached hydrogens (tertiary/aromatic N) is 2. The van der Waals surface area contributed by atoms with E-state index in [1.807, 2.05) is 24.3 Å². The summed E-state index contributed by atoms with van der Waals surface area (Å²) < 4.78 is 5.64. The quantitative estimate of drug-likeness (QED) is 0.405. The van der Waals surface area contributed by atoms with Crippen LogP contribution in [0.1, 0.15) is 18.7 Å². The Labute approximate surface area is 187 Å². The zero-order valence-corrected chi connectivity index (χ0v) is 17.9. The molecule has 5 rings (SSSR count). The van der Waals surface area contributed by atoms with Crippen molar-refractivity contribution in [3.63, 3.8) is 0 Å². The van der Waals surface area contributed by atoms with Crippen LogP contribution in [0, 0.1) is 5.92 Å². The van der Waals surface area contributed by atoms with Gasteiger partial charge in [-0.1, -0.05) is 23.7 Å². The fourth-order valence-electron chi connectivity index (χ4n) is 4.13. The molecule has 1 fully saturated rings. The van der Waals surface area contributed by atoms with E-state index in [9.17, 15) is 14.7 Å². The van der Waals surface area contributed by atoms with E-state index in [4.69, 9.17) is 16.0 Å². The summed E-state index contributed by atoms with van der Waals surface area (Å²) in [6.07, 6.45) is 1.32. The van der Waals surface area contributed by atoms with Crippen molar-refractivity contribution < 1.29 is 14.3 Å². The Bertz CT molecular complexity index is 1370. The Morgan fingerprint density at radius 1 is 1.25 bits per heavy atom. The lowest BCUT2D eigenvalue weighted by Gasteiger charge is -2.30. The van der Waals surface area contributed by atoms with Gasteiger partial charge in [0, 0.05) is 16.3 Å². The molecule has 0 radical (unpaired) electrons. The molecule has 0 unspecified atom stereocenters. The van der Waals surface area contributed by atoms with E-state index in [2.05, 4.69) is 20.2 Å². The Balaban J connectivity index is 1.25. The molecule has 1 aliphatic rings. The van der Waals surface area contributed by atoms with E-state index in [1.54, 1.807) is 6.07 Å². The van der Waals surface area contributed by atoms with Gasteiger partial charge >= 0.3 is 0 Å². The van der Waals surface area contributed by atoms with Crippen molar-refractivity contribution in [2.45, 2.75) is 19.4 Å². The second-order valence-electron chi connectivity index (χ2n) is 7.99. The van der Waals surface area contributed by atoms with Crippen LogP contribution in [0.25, 0.3) is 22.1 Å². The van der Waals surface area contributed by atoms with Crippen molar-refractivity contribution in [1.29, 1.82) is 0 Å². The number of phenolic OH excluding ortho intramolecular Hbond substituents is 1. The SMILES string of the molecule is O=C(Nc1cc(Cl)ccc1O)C1CCN(Cc2nc3c(oc4ccccc43)c(=O)[nH]2)CC1. The van der Waals surface area contributed by atoms with Gasteiger partial charge in [0.25, 0.3) is 5.56 Å². The topological polar surface area (TPSA) is 111 Å². The number of hydrogen-bond acceptors (Lipinski definition) is 6. The number of anilines is 1. The molecule has 4 aromatic rings. The van der Waals surface area contributed by atoms with Crippen LogP contribution in [0.4, 0.5) is 5.69 Å². The molecule has 1 saturated heterocycles. The first-order chi connectivity index (χ1) is 15.5. The molecule has 2 aromatic heterocycles. The predicted octanol–water partition coefficient (Wildman–Crippen LogP) is 3.88. The first-order valence-electron chi connectivity index (χ1n) is 10.4. The average molecular weight is 453 g/mol. The lowest BCUT2D eigenvalue weighted by atomic mass is 9.95. The average Bonchev–Trinajstić information content (AvgIpc) is 3.16. The summed E-state index contributed by atoms with van der Waals surface area (Å²) >= 11 is 5.95. The normalized spacial score (nSPS) is 15.4. The number of aromatic nitrogens is 2. The minimum absolute atomic E-state index is 0.0163. The van der Waals surface area contributed by atoms with Crippen molar-refractivity contribution in [3.8, 4) is 5.75 Å². The molecule has 9 heteroatoms. The number of para-hydroxylation sites is 1. The number of aromatic amines is 1. The maximum atomic E-state index is 12.6. The van der Waals surface area contributed by atoms with Crippen molar-refractivity contribution >= 4 is 45.3 Å². The summed E-state index contributed by atoms with van der Waals surface area (Å²) in [7, 11) is 0. The number of piperidine rings is 1. The molecule has 1 aliphatic heterocycles. The number of phenols is 1. The van der Waals surface area contributed by atoms with Crippen LogP contribution in [0.15, 0.2) is 51.7 Å². The Hall–Kier alpha value is -3.36. The molecule has 3 heterocycles. The fourth-order valence-corrected chi connectivity index (χ4v) is 4.30. The van der Waals surface area contributed by atoms with Crippen molar-refractivity contribution in [1.82, 2.24) is 14.9 Å². The summed E-state index contributed by atoms with van der Waals surface area (Å²) in [5.41, 5.74) is 1.45. The van der Waals surface area contributed by atoms with Crippen LogP contribution in [0.3, 0.4) is 0 Å².